The summed E-state index contributed by atoms with van der Waals surface area (Å²) in [6.07, 6.45) is 4.05. The van der Waals surface area contributed by atoms with Crippen molar-refractivity contribution < 1.29 is 84.5 Å². The van der Waals surface area contributed by atoms with Crippen molar-refractivity contribution in [2.75, 3.05) is 176 Å². The van der Waals surface area contributed by atoms with Crippen molar-refractivity contribution in [3.05, 3.63) is 107 Å². The Balaban J connectivity index is 0.768. The zero-order valence-electron chi connectivity index (χ0n) is 50.9. The van der Waals surface area contributed by atoms with E-state index in [9.17, 15) is 37.1 Å². The average Bonchev–Trinajstić information content (AvgIpc) is 1.36. The van der Waals surface area contributed by atoms with E-state index in [1.807, 2.05) is 11.8 Å². The van der Waals surface area contributed by atoms with Gasteiger partial charge in [0.15, 0.2) is 5.65 Å². The number of hydrogen-bond acceptors (Lipinski definition) is 19. The number of nitrogens with one attached hydrogen (secondary N) is 5. The molecule has 0 atom stereocenters. The second-order valence-electron chi connectivity index (χ2n) is 19.9. The molecule has 0 unspecified atom stereocenters. The van der Waals surface area contributed by atoms with Gasteiger partial charge in [0, 0.05) is 94.4 Å². The van der Waals surface area contributed by atoms with Crippen LogP contribution in [0.15, 0.2) is 73.1 Å². The number of benzene rings is 2. The summed E-state index contributed by atoms with van der Waals surface area (Å²) >= 11 is 5.66. The molecule has 3 heterocycles. The summed E-state index contributed by atoms with van der Waals surface area (Å²) in [7, 11) is 0. The van der Waals surface area contributed by atoms with Crippen LogP contribution in [0.25, 0.3) is 5.65 Å². The molecule has 2 aromatic heterocycles. The van der Waals surface area contributed by atoms with E-state index in [1.54, 1.807) is 47.2 Å². The molecule has 0 spiro atoms. The van der Waals surface area contributed by atoms with Gasteiger partial charge in [0.25, 0.3) is 5.91 Å². The van der Waals surface area contributed by atoms with Crippen molar-refractivity contribution in [2.24, 2.45) is 0 Å². The predicted molar refractivity (Wildman–Crippen MR) is 327 cm³/mol. The minimum atomic E-state index is -4.65. The second kappa shape index (κ2) is 44.2. The minimum Gasteiger partial charge on any atom is -0.447 e. The number of alkyl carbamates (subject to hydrolysis) is 4. The number of unbranched alkanes of at least 4 members (excludes halogenated alkanes) is 3. The number of aromatic nitrogens is 3. The van der Waals surface area contributed by atoms with Crippen molar-refractivity contribution >= 4 is 53.2 Å². The predicted octanol–water partition coefficient (Wildman–Crippen LogP) is 6.58. The molecule has 0 aliphatic carbocycles. The van der Waals surface area contributed by atoms with E-state index >= 15 is 0 Å². The lowest BCUT2D eigenvalue weighted by molar-refractivity contribution is -0.138. The molecule has 496 valence electrons. The summed E-state index contributed by atoms with van der Waals surface area (Å²) < 4.78 is 97.6. The molecule has 1 saturated heterocycles. The van der Waals surface area contributed by atoms with Crippen LogP contribution >= 0.6 is 11.6 Å². The van der Waals surface area contributed by atoms with E-state index in [0.717, 1.165) is 37.3 Å². The van der Waals surface area contributed by atoms with Gasteiger partial charge in [-0.15, -0.1) is 11.6 Å². The molecule has 0 radical (unpaired) electrons. The first-order chi connectivity index (χ1) is 43.8. The third-order valence-corrected chi connectivity index (χ3v) is 13.4. The maximum Gasteiger partial charge on any atom is 0.416 e. The number of hydrogen-bond donors (Lipinski definition) is 5. The Bertz CT molecular complexity index is 2850. The van der Waals surface area contributed by atoms with Crippen molar-refractivity contribution in [3.63, 3.8) is 0 Å². The fourth-order valence-corrected chi connectivity index (χ4v) is 8.57. The van der Waals surface area contributed by atoms with Gasteiger partial charge in [0.2, 0.25) is 0 Å². The number of carbonyl (C=O) groups is 5. The summed E-state index contributed by atoms with van der Waals surface area (Å²) in [5.41, 5.74) is 2.13. The number of piperazine rings is 1. The largest absolute Gasteiger partial charge is 0.447 e. The highest BCUT2D eigenvalue weighted by Crippen LogP contribution is 2.35. The Morgan fingerprint density at radius 1 is 0.600 bits per heavy atom. The quantitative estimate of drug-likeness (QED) is 0.0103. The summed E-state index contributed by atoms with van der Waals surface area (Å²) in [6.45, 7) is 9.91. The Morgan fingerprint density at radius 3 is 1.74 bits per heavy atom. The minimum absolute atomic E-state index is 0.0187. The van der Waals surface area contributed by atoms with Crippen LogP contribution in [-0.4, -0.2) is 225 Å². The maximum atomic E-state index is 14.4. The smallest absolute Gasteiger partial charge is 0.416 e. The summed E-state index contributed by atoms with van der Waals surface area (Å²) in [5, 5.41) is 17.3. The maximum absolute atomic E-state index is 14.4. The number of amides is 5. The molecule has 4 aromatic rings. The number of fused-ring (bicyclic) bond motifs is 1. The molecule has 5 amide bonds. The van der Waals surface area contributed by atoms with Crippen LogP contribution in [0, 0.1) is 18.8 Å². The van der Waals surface area contributed by atoms with Crippen molar-refractivity contribution in [3.8, 4) is 11.8 Å². The SMILES string of the molecule is Cc1ccc(C(=O)Nc2ccc(CN3CCN(CCCNC(=O)OCCOCCOCCNC(=O)OC/C=C/COC(=O)NCCOCCOCCOC(=O)NCCOCCOCCCCCCCl)CC3)c(C(F)(F)F)c2)cc1C#Cc1cnc2cccnn12. The van der Waals surface area contributed by atoms with Gasteiger partial charge in [-0.3, -0.25) is 9.69 Å². The van der Waals surface area contributed by atoms with Crippen LogP contribution in [-0.2, 0) is 60.1 Å². The monoisotopic (exact) mass is 1290 g/mol. The normalized spacial score (nSPS) is 12.7. The highest BCUT2D eigenvalue weighted by atomic mass is 35.5. The van der Waals surface area contributed by atoms with Crippen LogP contribution in [0.4, 0.5) is 38.0 Å². The molecule has 0 saturated carbocycles. The van der Waals surface area contributed by atoms with Crippen LogP contribution in [0.3, 0.4) is 0 Å². The van der Waals surface area contributed by atoms with Crippen molar-refractivity contribution in [2.45, 2.75) is 51.7 Å². The molecular formula is C61H84ClF3N10O15. The summed E-state index contributed by atoms with van der Waals surface area (Å²) in [4.78, 5) is 69.4. The van der Waals surface area contributed by atoms with E-state index in [1.165, 1.54) is 24.3 Å². The topological polar surface area (TPSA) is 274 Å². The Hall–Kier alpha value is -7.33. The Labute approximate surface area is 527 Å². The summed E-state index contributed by atoms with van der Waals surface area (Å²) in [6, 6.07) is 12.4. The van der Waals surface area contributed by atoms with Gasteiger partial charge in [0.1, 0.15) is 32.1 Å². The van der Waals surface area contributed by atoms with E-state index < -0.39 is 42.0 Å². The van der Waals surface area contributed by atoms with E-state index in [4.69, 9.17) is 59.0 Å². The second-order valence-corrected chi connectivity index (χ2v) is 20.3. The van der Waals surface area contributed by atoms with Crippen LogP contribution in [0.2, 0.25) is 0 Å². The number of aryl methyl sites for hydroxylation is 1. The number of imidazole rings is 1. The van der Waals surface area contributed by atoms with Crippen molar-refractivity contribution in [1.29, 1.82) is 0 Å². The zero-order chi connectivity index (χ0) is 64.3. The average molecular weight is 1290 g/mol. The first-order valence-corrected chi connectivity index (χ1v) is 30.5. The van der Waals surface area contributed by atoms with E-state index in [2.05, 4.69) is 53.4 Å². The van der Waals surface area contributed by atoms with Crippen LogP contribution < -0.4 is 26.6 Å². The van der Waals surface area contributed by atoms with Gasteiger partial charge in [-0.1, -0.05) is 30.9 Å². The number of anilines is 1. The molecule has 5 N–H and O–H groups in total. The highest BCUT2D eigenvalue weighted by Gasteiger charge is 2.34. The zero-order valence-corrected chi connectivity index (χ0v) is 51.7. The number of carbonyl (C=O) groups excluding carboxylic acids is 5. The Morgan fingerprint density at radius 2 is 1.14 bits per heavy atom. The Kier molecular flexibility index (Phi) is 36.0. The molecule has 2 aromatic carbocycles. The first kappa shape index (κ1) is 73.4. The van der Waals surface area contributed by atoms with E-state index in [0.29, 0.717) is 101 Å². The molecule has 1 aliphatic rings. The molecule has 1 fully saturated rings. The standard InChI is InChI=1S/C61H84ClF3N10O15/c1-48-11-12-50(44-49(48)14-16-53-46-70-55-10-8-19-71-75(53)55)56(76)72-52-15-13-51(54(45-52)61(63,64)65)47-74-26-24-73(25-27-74)23-9-18-66-57(77)89-42-40-85-38-36-83-31-20-67-58(78)87-29-6-7-30-88-59(79)68-21-32-84-37-39-86-41-43-90-60(80)69-22-33-82-35-34-81-28-5-3-2-4-17-62/h6-8,10-13,15,19,44-46H,2-5,9,17-18,20-43,47H2,1H3,(H,66,77)(H,67,78)(H,68,79)(H,69,80)(H,72,76)/b7-6+. The van der Waals surface area contributed by atoms with Gasteiger partial charge >= 0.3 is 30.5 Å². The van der Waals surface area contributed by atoms with Gasteiger partial charge < -0.3 is 78.9 Å². The highest BCUT2D eigenvalue weighted by molar-refractivity contribution is 6.17. The first-order valence-electron chi connectivity index (χ1n) is 30.0. The lowest BCUT2D eigenvalue weighted by Crippen LogP contribution is -2.46. The number of rotatable bonds is 42. The number of nitrogens with zero attached hydrogens (tertiary/aromatic N) is 5. The lowest BCUT2D eigenvalue weighted by atomic mass is 10.0. The molecule has 0 bridgehead atoms. The van der Waals surface area contributed by atoms with Gasteiger partial charge in [-0.25, -0.2) is 28.7 Å². The summed E-state index contributed by atoms with van der Waals surface area (Å²) in [5.74, 6) is 6.21. The molecule has 1 aliphatic heterocycles. The van der Waals surface area contributed by atoms with Gasteiger partial charge in [-0.05, 0) is 98.3 Å². The van der Waals surface area contributed by atoms with Crippen LogP contribution in [0.1, 0.15) is 70.4 Å². The molecule has 25 nitrogen and oxygen atoms in total. The fraction of sp³-hybridized carbons (Fsp3) is 0.557. The third-order valence-electron chi connectivity index (χ3n) is 13.1. The molecular weight excluding hydrogens is 1210 g/mol. The number of ether oxygens (including phenoxy) is 10. The molecule has 90 heavy (non-hydrogen) atoms. The molecule has 5 rings (SSSR count). The number of halogens is 4. The third kappa shape index (κ3) is 31.4. The number of alkyl halides is 4. The van der Waals surface area contributed by atoms with Gasteiger partial charge in [0.05, 0.1) is 84.4 Å². The molecule has 29 heteroatoms. The van der Waals surface area contributed by atoms with Crippen LogP contribution in [0.5, 0.6) is 0 Å². The van der Waals surface area contributed by atoms with Crippen molar-refractivity contribution in [1.82, 2.24) is 45.7 Å². The fourth-order valence-electron chi connectivity index (χ4n) is 8.38. The van der Waals surface area contributed by atoms with E-state index in [-0.39, 0.29) is 116 Å². The van der Waals surface area contributed by atoms with Gasteiger partial charge in [-0.2, -0.15) is 18.3 Å². The lowest BCUT2D eigenvalue weighted by Gasteiger charge is -2.35.